The second kappa shape index (κ2) is 24.3. The number of nitrogens with two attached hydrogens (primary N) is 4. The first kappa shape index (κ1) is 63.4. The highest BCUT2D eigenvalue weighted by atomic mass is 19.4. The number of ether oxygens (including phenoxy) is 3. The molecule has 0 bridgehead atoms. The van der Waals surface area contributed by atoms with Gasteiger partial charge in [0, 0.05) is 39.9 Å². The molecule has 0 radical (unpaired) electrons. The molecule has 0 heterocycles. The summed E-state index contributed by atoms with van der Waals surface area (Å²) >= 11 is 0. The third-order valence-corrected chi connectivity index (χ3v) is 10.9. The molecular formula is C54H46F18N4O3. The molecule has 0 fully saturated rings. The largest absolute Gasteiger partial charge is 0.573 e. The smallest absolute Gasteiger partial charge is 0.457 e. The molecule has 0 aromatic heterocycles. The quantitative estimate of drug-likeness (QED) is 0.0923. The van der Waals surface area contributed by atoms with Crippen LogP contribution in [-0.4, -0.2) is 18.9 Å². The zero-order valence-electron chi connectivity index (χ0n) is 41.6. The molecule has 8 N–H and O–H groups in total. The zero-order valence-corrected chi connectivity index (χ0v) is 41.6. The second-order valence-electron chi connectivity index (χ2n) is 17.5. The van der Waals surface area contributed by atoms with Crippen molar-refractivity contribution in [3.8, 4) is 34.1 Å². The normalized spacial score (nSPS) is 12.8. The maximum absolute atomic E-state index is 13.6. The van der Waals surface area contributed by atoms with Crippen LogP contribution in [0.1, 0.15) is 57.0 Å². The Morgan fingerprint density at radius 2 is 0.684 bits per heavy atom. The van der Waals surface area contributed by atoms with E-state index in [2.05, 4.69) is 9.47 Å². The van der Waals surface area contributed by atoms with E-state index < -0.39 is 71.0 Å². The van der Waals surface area contributed by atoms with Crippen molar-refractivity contribution < 1.29 is 93.2 Å². The summed E-state index contributed by atoms with van der Waals surface area (Å²) in [5.41, 5.74) is 19.6. The van der Waals surface area contributed by atoms with E-state index in [9.17, 15) is 79.0 Å². The van der Waals surface area contributed by atoms with Gasteiger partial charge >= 0.3 is 37.4 Å². The van der Waals surface area contributed by atoms with Crippen LogP contribution in [-0.2, 0) is 23.9 Å². The van der Waals surface area contributed by atoms with Crippen molar-refractivity contribution in [2.24, 2.45) is 0 Å². The van der Waals surface area contributed by atoms with Crippen LogP contribution in [0.25, 0.3) is 11.1 Å². The molecule has 1 unspecified atom stereocenters. The molecule has 1 atom stereocenters. The Morgan fingerprint density at radius 3 is 1.13 bits per heavy atom. The lowest BCUT2D eigenvalue weighted by molar-refractivity contribution is -0.276. The van der Waals surface area contributed by atoms with Gasteiger partial charge in [-0.2, -0.15) is 52.7 Å². The summed E-state index contributed by atoms with van der Waals surface area (Å²) in [5, 5.41) is 0. The minimum Gasteiger partial charge on any atom is -0.457 e. The van der Waals surface area contributed by atoms with Gasteiger partial charge in [-0.1, -0.05) is 53.6 Å². The number of nitrogen functional groups attached to an aromatic ring is 4. The molecule has 25 heteroatoms. The van der Waals surface area contributed by atoms with Crippen molar-refractivity contribution in [2.45, 2.75) is 77.5 Å². The Kier molecular flexibility index (Phi) is 19.5. The average molecular weight is 1140 g/mol. The first-order valence-electron chi connectivity index (χ1n) is 22.3. The molecule has 0 aliphatic heterocycles. The number of rotatable bonds is 7. The molecule has 426 valence electrons. The van der Waals surface area contributed by atoms with Gasteiger partial charge in [0.25, 0.3) is 0 Å². The van der Waals surface area contributed by atoms with Gasteiger partial charge in [0.05, 0.1) is 16.7 Å². The van der Waals surface area contributed by atoms with Crippen molar-refractivity contribution in [2.75, 3.05) is 22.9 Å². The molecule has 0 aliphatic carbocycles. The molecule has 7 rings (SSSR count). The summed E-state index contributed by atoms with van der Waals surface area (Å²) in [6, 6.07) is 27.9. The van der Waals surface area contributed by atoms with E-state index >= 15 is 0 Å². The van der Waals surface area contributed by atoms with Gasteiger partial charge in [0.15, 0.2) is 0 Å². The maximum atomic E-state index is 13.6. The Labute approximate surface area is 439 Å². The van der Waals surface area contributed by atoms with Crippen LogP contribution in [0.15, 0.2) is 140 Å². The van der Waals surface area contributed by atoms with E-state index in [0.29, 0.717) is 35.0 Å². The van der Waals surface area contributed by atoms with Crippen molar-refractivity contribution in [1.29, 1.82) is 0 Å². The van der Waals surface area contributed by atoms with Crippen LogP contribution in [0.3, 0.4) is 0 Å². The minimum atomic E-state index is -5.01. The highest BCUT2D eigenvalue weighted by Crippen LogP contribution is 2.47. The lowest BCUT2D eigenvalue weighted by atomic mass is 9.75. The van der Waals surface area contributed by atoms with E-state index in [0.717, 1.165) is 54.1 Å². The molecule has 79 heavy (non-hydrogen) atoms. The predicted octanol–water partition coefficient (Wildman–Crippen LogP) is 17.5. The first-order valence-corrected chi connectivity index (χ1v) is 22.3. The number of benzene rings is 7. The van der Waals surface area contributed by atoms with Gasteiger partial charge in [-0.3, -0.25) is 0 Å². The summed E-state index contributed by atoms with van der Waals surface area (Å²) in [7, 11) is 0. The molecule has 0 spiro atoms. The Hall–Kier alpha value is -8.12. The molecule has 0 amide bonds. The van der Waals surface area contributed by atoms with Crippen LogP contribution in [0.2, 0.25) is 0 Å². The third kappa shape index (κ3) is 18.8. The third-order valence-electron chi connectivity index (χ3n) is 10.9. The van der Waals surface area contributed by atoms with Crippen molar-refractivity contribution in [3.63, 3.8) is 0 Å². The van der Waals surface area contributed by atoms with Crippen molar-refractivity contribution in [3.05, 3.63) is 190 Å². The minimum absolute atomic E-state index is 0.0546. The number of aryl methyl sites for hydroxylation is 4. The molecule has 0 saturated carbocycles. The molecule has 7 nitrogen and oxygen atoms in total. The van der Waals surface area contributed by atoms with E-state index in [1.807, 2.05) is 6.92 Å². The average Bonchev–Trinajstić information content (AvgIpc) is 3.30. The monoisotopic (exact) mass is 1140 g/mol. The SMILES string of the molecule is Cc1cc(N)cc(C(F)(F)F)c1.Cc1cc(Oc2cc(N)cc(C(F)(F)F)c2)cc(C(F)(F)F)c1.Cc1ccc(C(C)(c2ccc(N)cc2)C(F)(F)F)cc1.Cc1ccc(OC(F)(F)F)c(-c2cc(N)ccc2OC(F)(F)F)c1. The van der Waals surface area contributed by atoms with Gasteiger partial charge in [0.1, 0.15) is 28.4 Å². The summed E-state index contributed by atoms with van der Waals surface area (Å²) in [5.74, 6) is -1.87. The molecule has 0 aliphatic rings. The fourth-order valence-corrected chi connectivity index (χ4v) is 7.16. The van der Waals surface area contributed by atoms with Gasteiger partial charge in [0.2, 0.25) is 0 Å². The molecular weight excluding hydrogens is 1090 g/mol. The highest BCUT2D eigenvalue weighted by molar-refractivity contribution is 5.79. The van der Waals surface area contributed by atoms with E-state index in [-0.39, 0.29) is 56.4 Å². The topological polar surface area (TPSA) is 132 Å². The van der Waals surface area contributed by atoms with Crippen LogP contribution in [0.4, 0.5) is 102 Å². The first-order chi connectivity index (χ1) is 36.0. The summed E-state index contributed by atoms with van der Waals surface area (Å²) in [4.78, 5) is 0. The van der Waals surface area contributed by atoms with Gasteiger partial charge in [-0.25, -0.2) is 0 Å². The summed E-state index contributed by atoms with van der Waals surface area (Å²) in [6.07, 6.45) is -27.9. The van der Waals surface area contributed by atoms with E-state index in [1.54, 1.807) is 26.0 Å². The predicted molar refractivity (Wildman–Crippen MR) is 262 cm³/mol. The van der Waals surface area contributed by atoms with Gasteiger partial charge in [-0.05, 0) is 148 Å². The van der Waals surface area contributed by atoms with Gasteiger partial charge in [-0.15, -0.1) is 26.3 Å². The van der Waals surface area contributed by atoms with Gasteiger partial charge < -0.3 is 37.1 Å². The van der Waals surface area contributed by atoms with Crippen LogP contribution < -0.4 is 37.1 Å². The second-order valence-corrected chi connectivity index (χ2v) is 17.5. The highest BCUT2D eigenvalue weighted by Gasteiger charge is 2.53. The molecule has 0 saturated heterocycles. The standard InChI is InChI=1S/C16H16F3N.C15H11F6NO2.C15H11F6NO.C8H8F3N/c1-11-3-5-12(6-4-11)15(2,16(17,18)19)13-7-9-14(20)10-8-13;1-8-2-4-12(23-14(16,17)18)10(6-8)11-7-9(22)3-5-13(11)24-15(19,20)21;1-8-2-9(14(16,17)18)5-12(3-8)23-13-6-10(15(19,20)21)4-11(22)7-13;1-5-2-6(8(9,10)11)4-7(12)3-5/h3-10H,20H2,1-2H3;2-7H,22H2,1H3;2-7H,22H2,1H3;2-4H,12H2,1H3. The van der Waals surface area contributed by atoms with Crippen molar-refractivity contribution in [1.82, 2.24) is 0 Å². The summed E-state index contributed by atoms with van der Waals surface area (Å²) in [6.45, 7) is 7.60. The Morgan fingerprint density at radius 1 is 0.316 bits per heavy atom. The summed E-state index contributed by atoms with van der Waals surface area (Å²) < 4.78 is 242. The Bertz CT molecular complexity index is 2970. The number of anilines is 4. The van der Waals surface area contributed by atoms with Crippen LogP contribution in [0.5, 0.6) is 23.0 Å². The Balaban J connectivity index is 0.000000233. The lowest BCUT2D eigenvalue weighted by Gasteiger charge is -2.33. The number of hydrogen-bond donors (Lipinski definition) is 4. The number of hydrogen-bond acceptors (Lipinski definition) is 7. The lowest BCUT2D eigenvalue weighted by Crippen LogP contribution is -2.40. The zero-order chi connectivity index (χ0) is 59.9. The van der Waals surface area contributed by atoms with Crippen LogP contribution >= 0.6 is 0 Å². The fraction of sp³-hybridized carbons (Fsp3) is 0.222. The van der Waals surface area contributed by atoms with E-state index in [4.69, 9.17) is 27.7 Å². The van der Waals surface area contributed by atoms with Crippen molar-refractivity contribution >= 4 is 22.7 Å². The molecule has 7 aromatic carbocycles. The van der Waals surface area contributed by atoms with Crippen LogP contribution in [0, 0.1) is 27.7 Å². The number of alkyl halides is 18. The molecule has 7 aromatic rings. The van der Waals surface area contributed by atoms with E-state index in [1.165, 1.54) is 74.5 Å². The maximum Gasteiger partial charge on any atom is 0.573 e. The fourth-order valence-electron chi connectivity index (χ4n) is 7.16. The number of halogens is 18.